The number of carbonyl (C=O) groups is 1. The van der Waals surface area contributed by atoms with Gasteiger partial charge < -0.3 is 11.1 Å². The second kappa shape index (κ2) is 5.71. The molecule has 1 aromatic carbocycles. The molecule has 1 amide bonds. The summed E-state index contributed by atoms with van der Waals surface area (Å²) in [4.78, 5) is 11.7. The molecule has 1 saturated carbocycles. The fraction of sp³-hybridized carbons (Fsp3) is 0.500. The van der Waals surface area contributed by atoms with Gasteiger partial charge in [0.2, 0.25) is 5.91 Å². The van der Waals surface area contributed by atoms with Crippen molar-refractivity contribution in [1.29, 1.82) is 0 Å². The molecule has 0 saturated heterocycles. The summed E-state index contributed by atoms with van der Waals surface area (Å²) in [5, 5.41) is 3.09. The molecule has 0 aliphatic heterocycles. The van der Waals surface area contributed by atoms with Crippen molar-refractivity contribution in [3.05, 3.63) is 29.8 Å². The summed E-state index contributed by atoms with van der Waals surface area (Å²) in [5.41, 5.74) is 7.59. The van der Waals surface area contributed by atoms with E-state index < -0.39 is 0 Å². The molecule has 0 atom stereocenters. The van der Waals surface area contributed by atoms with Gasteiger partial charge in [-0.3, -0.25) is 4.79 Å². The fourth-order valence-electron chi connectivity index (χ4n) is 2.38. The summed E-state index contributed by atoms with van der Waals surface area (Å²) in [6.45, 7) is 0. The first kappa shape index (κ1) is 12.0. The maximum Gasteiger partial charge on any atom is 0.220 e. The van der Waals surface area contributed by atoms with Gasteiger partial charge in [0.05, 0.1) is 0 Å². The van der Waals surface area contributed by atoms with Crippen LogP contribution in [-0.2, 0) is 11.2 Å². The largest absolute Gasteiger partial charge is 0.399 e. The number of benzene rings is 1. The first-order chi connectivity index (χ1) is 8.24. The maximum absolute atomic E-state index is 11.7. The molecule has 1 aliphatic rings. The van der Waals surface area contributed by atoms with Gasteiger partial charge in [-0.2, -0.15) is 0 Å². The predicted molar refractivity (Wildman–Crippen MR) is 69.6 cm³/mol. The molecule has 92 valence electrons. The number of anilines is 1. The molecule has 1 fully saturated rings. The van der Waals surface area contributed by atoms with E-state index in [2.05, 4.69) is 5.32 Å². The SMILES string of the molecule is Nc1cccc(CCC(=O)NC2CCCC2)c1. The zero-order chi connectivity index (χ0) is 12.1. The molecule has 0 heterocycles. The van der Waals surface area contributed by atoms with Crippen molar-refractivity contribution in [1.82, 2.24) is 5.32 Å². The molecule has 0 unspecified atom stereocenters. The molecule has 0 bridgehead atoms. The Labute approximate surface area is 102 Å². The molecular formula is C14H20N2O. The topological polar surface area (TPSA) is 55.1 Å². The first-order valence-electron chi connectivity index (χ1n) is 6.38. The Morgan fingerprint density at radius 2 is 2.12 bits per heavy atom. The second-order valence-corrected chi connectivity index (χ2v) is 4.79. The van der Waals surface area contributed by atoms with Crippen LogP contribution in [0.3, 0.4) is 0 Å². The van der Waals surface area contributed by atoms with Gasteiger partial charge in [0, 0.05) is 18.2 Å². The molecule has 3 N–H and O–H groups in total. The van der Waals surface area contributed by atoms with Crippen molar-refractivity contribution >= 4 is 11.6 Å². The summed E-state index contributed by atoms with van der Waals surface area (Å²) >= 11 is 0. The lowest BCUT2D eigenvalue weighted by molar-refractivity contribution is -0.121. The third kappa shape index (κ3) is 3.77. The number of aryl methyl sites for hydroxylation is 1. The van der Waals surface area contributed by atoms with Crippen LogP contribution in [0.4, 0.5) is 5.69 Å². The van der Waals surface area contributed by atoms with Gasteiger partial charge >= 0.3 is 0 Å². The molecule has 2 rings (SSSR count). The van der Waals surface area contributed by atoms with Crippen LogP contribution in [0.1, 0.15) is 37.7 Å². The quantitative estimate of drug-likeness (QED) is 0.782. The van der Waals surface area contributed by atoms with Crippen molar-refractivity contribution in [3.8, 4) is 0 Å². The number of amides is 1. The number of carbonyl (C=O) groups excluding carboxylic acids is 1. The highest BCUT2D eigenvalue weighted by molar-refractivity contribution is 5.76. The molecule has 1 aromatic rings. The van der Waals surface area contributed by atoms with Crippen LogP contribution in [0, 0.1) is 0 Å². The van der Waals surface area contributed by atoms with Gasteiger partial charge in [-0.15, -0.1) is 0 Å². The van der Waals surface area contributed by atoms with Crippen LogP contribution >= 0.6 is 0 Å². The van der Waals surface area contributed by atoms with E-state index in [9.17, 15) is 4.79 Å². The molecule has 3 nitrogen and oxygen atoms in total. The smallest absolute Gasteiger partial charge is 0.220 e. The van der Waals surface area contributed by atoms with E-state index in [-0.39, 0.29) is 5.91 Å². The van der Waals surface area contributed by atoms with Gasteiger partial charge in [-0.05, 0) is 37.0 Å². The van der Waals surface area contributed by atoms with Gasteiger partial charge in [0.25, 0.3) is 0 Å². The van der Waals surface area contributed by atoms with Gasteiger partial charge in [0.15, 0.2) is 0 Å². The molecule has 3 heteroatoms. The van der Waals surface area contributed by atoms with Crippen molar-refractivity contribution in [2.75, 3.05) is 5.73 Å². The van der Waals surface area contributed by atoms with E-state index in [1.54, 1.807) is 0 Å². The molecule has 0 spiro atoms. The Kier molecular flexibility index (Phi) is 4.02. The highest BCUT2D eigenvalue weighted by Gasteiger charge is 2.16. The minimum absolute atomic E-state index is 0.166. The monoisotopic (exact) mass is 232 g/mol. The number of nitrogens with one attached hydrogen (secondary N) is 1. The maximum atomic E-state index is 11.7. The van der Waals surface area contributed by atoms with E-state index >= 15 is 0 Å². The van der Waals surface area contributed by atoms with E-state index in [4.69, 9.17) is 5.73 Å². The van der Waals surface area contributed by atoms with E-state index in [0.717, 1.165) is 30.5 Å². The Balaban J connectivity index is 1.75. The summed E-state index contributed by atoms with van der Waals surface area (Å²) < 4.78 is 0. The van der Waals surface area contributed by atoms with Gasteiger partial charge in [0.1, 0.15) is 0 Å². The zero-order valence-electron chi connectivity index (χ0n) is 10.1. The summed E-state index contributed by atoms with van der Waals surface area (Å²) in [6, 6.07) is 8.16. The minimum atomic E-state index is 0.166. The van der Waals surface area contributed by atoms with E-state index in [1.165, 1.54) is 12.8 Å². The third-order valence-electron chi connectivity index (χ3n) is 3.31. The van der Waals surface area contributed by atoms with Gasteiger partial charge in [-0.1, -0.05) is 25.0 Å². The summed E-state index contributed by atoms with van der Waals surface area (Å²) in [6.07, 6.45) is 6.11. The minimum Gasteiger partial charge on any atom is -0.399 e. The number of hydrogen-bond donors (Lipinski definition) is 2. The van der Waals surface area contributed by atoms with Crippen LogP contribution in [-0.4, -0.2) is 11.9 Å². The Hall–Kier alpha value is -1.51. The summed E-state index contributed by atoms with van der Waals surface area (Å²) in [7, 11) is 0. The molecule has 1 aliphatic carbocycles. The lowest BCUT2D eigenvalue weighted by Gasteiger charge is -2.11. The summed E-state index contributed by atoms with van der Waals surface area (Å²) in [5.74, 6) is 0.166. The lowest BCUT2D eigenvalue weighted by atomic mass is 10.1. The average Bonchev–Trinajstić information content (AvgIpc) is 2.79. The number of nitrogen functional groups attached to an aromatic ring is 1. The van der Waals surface area contributed by atoms with Crippen molar-refractivity contribution in [3.63, 3.8) is 0 Å². The van der Waals surface area contributed by atoms with Crippen molar-refractivity contribution < 1.29 is 4.79 Å². The number of rotatable bonds is 4. The lowest BCUT2D eigenvalue weighted by Crippen LogP contribution is -2.32. The Bertz CT molecular complexity index is 384. The number of nitrogens with two attached hydrogens (primary N) is 1. The normalized spacial score (nSPS) is 16.0. The van der Waals surface area contributed by atoms with Crippen LogP contribution in [0.15, 0.2) is 24.3 Å². The van der Waals surface area contributed by atoms with Crippen LogP contribution in [0.5, 0.6) is 0 Å². The van der Waals surface area contributed by atoms with Crippen molar-refractivity contribution in [2.45, 2.75) is 44.6 Å². The van der Waals surface area contributed by atoms with Crippen LogP contribution in [0.25, 0.3) is 0 Å². The first-order valence-corrected chi connectivity index (χ1v) is 6.38. The van der Waals surface area contributed by atoms with E-state index in [0.29, 0.717) is 12.5 Å². The molecule has 0 aromatic heterocycles. The second-order valence-electron chi connectivity index (χ2n) is 4.79. The van der Waals surface area contributed by atoms with Crippen LogP contribution < -0.4 is 11.1 Å². The number of hydrogen-bond acceptors (Lipinski definition) is 2. The zero-order valence-corrected chi connectivity index (χ0v) is 10.1. The highest BCUT2D eigenvalue weighted by atomic mass is 16.1. The molecular weight excluding hydrogens is 212 g/mol. The third-order valence-corrected chi connectivity index (χ3v) is 3.31. The van der Waals surface area contributed by atoms with E-state index in [1.807, 2.05) is 24.3 Å². The van der Waals surface area contributed by atoms with Crippen LogP contribution in [0.2, 0.25) is 0 Å². The predicted octanol–water partition coefficient (Wildman–Crippen LogP) is 2.26. The van der Waals surface area contributed by atoms with Gasteiger partial charge in [-0.25, -0.2) is 0 Å². The average molecular weight is 232 g/mol. The molecule has 17 heavy (non-hydrogen) atoms. The van der Waals surface area contributed by atoms with Crippen molar-refractivity contribution in [2.24, 2.45) is 0 Å². The Morgan fingerprint density at radius 3 is 2.82 bits per heavy atom. The molecule has 0 radical (unpaired) electrons. The standard InChI is InChI=1S/C14H20N2O/c15-12-5-3-4-11(10-12)8-9-14(17)16-13-6-1-2-7-13/h3-5,10,13H,1-2,6-9,15H2,(H,16,17). The Morgan fingerprint density at radius 1 is 1.35 bits per heavy atom. The highest BCUT2D eigenvalue weighted by Crippen LogP contribution is 2.17. The fourth-order valence-corrected chi connectivity index (χ4v) is 2.38.